The first kappa shape index (κ1) is 12.1. The van der Waals surface area contributed by atoms with E-state index in [1.807, 2.05) is 17.0 Å². The first-order valence-corrected chi connectivity index (χ1v) is 6.23. The van der Waals surface area contributed by atoms with Crippen LogP contribution in [0.2, 0.25) is 0 Å². The Kier molecular flexibility index (Phi) is 3.48. The van der Waals surface area contributed by atoms with Crippen LogP contribution in [0.1, 0.15) is 36.9 Å². The average Bonchev–Trinajstić information content (AvgIpc) is 2.77. The fourth-order valence-electron chi connectivity index (χ4n) is 2.58. The molecular formula is C14H20N2O. The summed E-state index contributed by atoms with van der Waals surface area (Å²) < 4.78 is 0. The normalized spacial score (nSPS) is 21.6. The van der Waals surface area contributed by atoms with Gasteiger partial charge < -0.3 is 10.6 Å². The number of hydrogen-bond donors (Lipinski definition) is 1. The van der Waals surface area contributed by atoms with E-state index in [4.69, 9.17) is 5.73 Å². The monoisotopic (exact) mass is 232 g/mol. The molecule has 3 nitrogen and oxygen atoms in total. The predicted octanol–water partition coefficient (Wildman–Crippen LogP) is 2.01. The van der Waals surface area contributed by atoms with Gasteiger partial charge in [-0.2, -0.15) is 0 Å². The zero-order chi connectivity index (χ0) is 12.4. The summed E-state index contributed by atoms with van der Waals surface area (Å²) >= 11 is 0. The van der Waals surface area contributed by atoms with E-state index in [0.29, 0.717) is 0 Å². The van der Waals surface area contributed by atoms with Gasteiger partial charge in [-0.3, -0.25) is 4.79 Å². The van der Waals surface area contributed by atoms with E-state index in [0.717, 1.165) is 19.4 Å². The van der Waals surface area contributed by atoms with Crippen molar-refractivity contribution >= 4 is 5.91 Å². The molecule has 1 aromatic rings. The third-order valence-corrected chi connectivity index (χ3v) is 3.47. The van der Waals surface area contributed by atoms with E-state index in [-0.39, 0.29) is 11.9 Å². The Morgan fingerprint density at radius 3 is 2.82 bits per heavy atom. The maximum absolute atomic E-state index is 12.0. The molecule has 0 radical (unpaired) electrons. The molecule has 1 aromatic carbocycles. The molecule has 0 saturated carbocycles. The molecule has 2 N–H and O–H groups in total. The molecule has 2 atom stereocenters. The summed E-state index contributed by atoms with van der Waals surface area (Å²) in [5.74, 6) is 0.0655. The van der Waals surface area contributed by atoms with Crippen LogP contribution >= 0.6 is 0 Å². The third kappa shape index (κ3) is 2.34. The van der Waals surface area contributed by atoms with E-state index in [1.54, 1.807) is 6.92 Å². The smallest absolute Gasteiger partial charge is 0.239 e. The standard InChI is InChI=1S/C14H20N2O/c1-10-6-3-4-7-12(10)13-8-5-9-16(13)14(17)11(2)15/h3-4,6-7,11,13H,5,8-9,15H2,1-2H3. The number of benzene rings is 1. The van der Waals surface area contributed by atoms with Crippen LogP contribution in [0, 0.1) is 6.92 Å². The second kappa shape index (κ2) is 4.88. The number of nitrogens with two attached hydrogens (primary N) is 1. The quantitative estimate of drug-likeness (QED) is 0.847. The molecule has 1 heterocycles. The Hall–Kier alpha value is -1.35. The van der Waals surface area contributed by atoms with Crippen LogP contribution in [-0.4, -0.2) is 23.4 Å². The Morgan fingerprint density at radius 2 is 2.18 bits per heavy atom. The lowest BCUT2D eigenvalue weighted by Crippen LogP contribution is -2.41. The number of nitrogens with zero attached hydrogens (tertiary/aromatic N) is 1. The van der Waals surface area contributed by atoms with Crippen LogP contribution in [0.5, 0.6) is 0 Å². The lowest BCUT2D eigenvalue weighted by molar-refractivity contribution is -0.133. The molecule has 0 spiro atoms. The van der Waals surface area contributed by atoms with Gasteiger partial charge in [0.1, 0.15) is 0 Å². The second-order valence-corrected chi connectivity index (χ2v) is 4.83. The van der Waals surface area contributed by atoms with Gasteiger partial charge in [-0.15, -0.1) is 0 Å². The lowest BCUT2D eigenvalue weighted by atomic mass is 9.99. The molecule has 2 rings (SSSR count). The number of hydrogen-bond acceptors (Lipinski definition) is 2. The number of aryl methyl sites for hydroxylation is 1. The van der Waals surface area contributed by atoms with E-state index in [9.17, 15) is 4.79 Å². The van der Waals surface area contributed by atoms with Crippen LogP contribution in [0.15, 0.2) is 24.3 Å². The first-order chi connectivity index (χ1) is 8.11. The van der Waals surface area contributed by atoms with Crippen molar-refractivity contribution < 1.29 is 4.79 Å². The molecule has 92 valence electrons. The Bertz CT molecular complexity index is 414. The number of carbonyl (C=O) groups excluding carboxylic acids is 1. The van der Waals surface area contributed by atoms with E-state index < -0.39 is 6.04 Å². The Morgan fingerprint density at radius 1 is 1.47 bits per heavy atom. The maximum Gasteiger partial charge on any atom is 0.239 e. The highest BCUT2D eigenvalue weighted by Crippen LogP contribution is 2.33. The third-order valence-electron chi connectivity index (χ3n) is 3.47. The highest BCUT2D eigenvalue weighted by atomic mass is 16.2. The zero-order valence-corrected chi connectivity index (χ0v) is 10.5. The largest absolute Gasteiger partial charge is 0.334 e. The number of likely N-dealkylation sites (tertiary alicyclic amines) is 1. The summed E-state index contributed by atoms with van der Waals surface area (Å²) in [5, 5.41) is 0. The molecule has 1 aliphatic rings. The van der Waals surface area contributed by atoms with E-state index in [2.05, 4.69) is 19.1 Å². The van der Waals surface area contributed by atoms with Crippen LogP contribution in [-0.2, 0) is 4.79 Å². The molecule has 3 heteroatoms. The molecule has 1 fully saturated rings. The van der Waals surface area contributed by atoms with Gasteiger partial charge in [0.05, 0.1) is 12.1 Å². The summed E-state index contributed by atoms with van der Waals surface area (Å²) in [6.07, 6.45) is 2.11. The molecule has 1 saturated heterocycles. The predicted molar refractivity (Wildman–Crippen MR) is 68.5 cm³/mol. The van der Waals surface area contributed by atoms with Gasteiger partial charge in [-0.25, -0.2) is 0 Å². The molecule has 0 aliphatic carbocycles. The van der Waals surface area contributed by atoms with Crippen molar-refractivity contribution in [3.05, 3.63) is 35.4 Å². The summed E-state index contributed by atoms with van der Waals surface area (Å²) in [5.41, 5.74) is 8.22. The highest BCUT2D eigenvalue weighted by molar-refractivity contribution is 5.82. The number of amides is 1. The molecule has 17 heavy (non-hydrogen) atoms. The van der Waals surface area contributed by atoms with Crippen LogP contribution < -0.4 is 5.73 Å². The van der Waals surface area contributed by atoms with Crippen molar-refractivity contribution in [3.63, 3.8) is 0 Å². The van der Waals surface area contributed by atoms with Crippen molar-refractivity contribution in [2.24, 2.45) is 5.73 Å². The van der Waals surface area contributed by atoms with Gasteiger partial charge in [0, 0.05) is 6.54 Å². The maximum atomic E-state index is 12.0. The van der Waals surface area contributed by atoms with E-state index in [1.165, 1.54) is 11.1 Å². The summed E-state index contributed by atoms with van der Waals surface area (Å²) in [6.45, 7) is 4.69. The Labute approximate surface area is 103 Å². The van der Waals surface area contributed by atoms with Crippen LogP contribution in [0.25, 0.3) is 0 Å². The highest BCUT2D eigenvalue weighted by Gasteiger charge is 2.31. The summed E-state index contributed by atoms with van der Waals surface area (Å²) in [4.78, 5) is 14.0. The molecule has 0 bridgehead atoms. The van der Waals surface area contributed by atoms with Crippen molar-refractivity contribution in [1.82, 2.24) is 4.90 Å². The van der Waals surface area contributed by atoms with E-state index >= 15 is 0 Å². The minimum absolute atomic E-state index is 0.0655. The summed E-state index contributed by atoms with van der Waals surface area (Å²) in [7, 11) is 0. The molecule has 0 aromatic heterocycles. The van der Waals surface area contributed by atoms with Gasteiger partial charge >= 0.3 is 0 Å². The van der Waals surface area contributed by atoms with Gasteiger partial charge in [-0.1, -0.05) is 24.3 Å². The molecule has 2 unspecified atom stereocenters. The van der Waals surface area contributed by atoms with Crippen LogP contribution in [0.4, 0.5) is 0 Å². The van der Waals surface area contributed by atoms with Crippen molar-refractivity contribution in [3.8, 4) is 0 Å². The Balaban J connectivity index is 2.26. The molecular weight excluding hydrogens is 212 g/mol. The van der Waals surface area contributed by atoms with Crippen LogP contribution in [0.3, 0.4) is 0 Å². The van der Waals surface area contributed by atoms with Gasteiger partial charge in [0.15, 0.2) is 0 Å². The van der Waals surface area contributed by atoms with Crippen molar-refractivity contribution in [2.75, 3.05) is 6.54 Å². The number of carbonyl (C=O) groups is 1. The van der Waals surface area contributed by atoms with Crippen molar-refractivity contribution in [2.45, 2.75) is 38.8 Å². The lowest BCUT2D eigenvalue weighted by Gasteiger charge is -2.27. The summed E-state index contributed by atoms with van der Waals surface area (Å²) in [6, 6.07) is 8.10. The first-order valence-electron chi connectivity index (χ1n) is 6.23. The SMILES string of the molecule is Cc1ccccc1C1CCCN1C(=O)C(C)N. The zero-order valence-electron chi connectivity index (χ0n) is 10.5. The van der Waals surface area contributed by atoms with Gasteiger partial charge in [0.2, 0.25) is 5.91 Å². The van der Waals surface area contributed by atoms with Gasteiger partial charge in [-0.05, 0) is 37.8 Å². The van der Waals surface area contributed by atoms with Gasteiger partial charge in [0.25, 0.3) is 0 Å². The second-order valence-electron chi connectivity index (χ2n) is 4.83. The minimum Gasteiger partial charge on any atom is -0.334 e. The topological polar surface area (TPSA) is 46.3 Å². The fourth-order valence-corrected chi connectivity index (χ4v) is 2.58. The van der Waals surface area contributed by atoms with Crippen molar-refractivity contribution in [1.29, 1.82) is 0 Å². The average molecular weight is 232 g/mol. The molecule has 1 aliphatic heterocycles. The number of rotatable bonds is 2. The molecule has 1 amide bonds. The minimum atomic E-state index is -0.403. The fraction of sp³-hybridized carbons (Fsp3) is 0.500.